The van der Waals surface area contributed by atoms with Gasteiger partial charge in [-0.1, -0.05) is 35.9 Å². The van der Waals surface area contributed by atoms with Gasteiger partial charge < -0.3 is 5.32 Å². The number of halogens is 1. The molecule has 1 aliphatic rings. The molecule has 1 saturated carbocycles. The van der Waals surface area contributed by atoms with Crippen molar-refractivity contribution in [2.45, 2.75) is 31.6 Å². The number of rotatable bonds is 6. The SMILES string of the molecule is N#Cc1ccc(Nc2ncc(Cl)c(CCc3ccccc3C3CC3)n2)cn1. The van der Waals surface area contributed by atoms with Crippen LogP contribution in [0.25, 0.3) is 0 Å². The third-order valence-electron chi connectivity index (χ3n) is 4.65. The molecular weight excluding hydrogens is 358 g/mol. The molecule has 0 bridgehead atoms. The largest absolute Gasteiger partial charge is 0.323 e. The summed E-state index contributed by atoms with van der Waals surface area (Å²) in [5.74, 6) is 1.19. The summed E-state index contributed by atoms with van der Waals surface area (Å²) in [7, 11) is 0. The quantitative estimate of drug-likeness (QED) is 0.669. The maximum absolute atomic E-state index is 8.82. The summed E-state index contributed by atoms with van der Waals surface area (Å²) in [4.78, 5) is 12.8. The van der Waals surface area contributed by atoms with Crippen LogP contribution in [0.1, 0.15) is 41.3 Å². The molecule has 1 fully saturated rings. The Balaban J connectivity index is 1.48. The van der Waals surface area contributed by atoms with Crippen LogP contribution in [0.15, 0.2) is 48.8 Å². The van der Waals surface area contributed by atoms with Crippen molar-refractivity contribution >= 4 is 23.2 Å². The van der Waals surface area contributed by atoms with Crippen molar-refractivity contribution < 1.29 is 0 Å². The first-order valence-electron chi connectivity index (χ1n) is 8.95. The van der Waals surface area contributed by atoms with Gasteiger partial charge in [0.1, 0.15) is 11.8 Å². The van der Waals surface area contributed by atoms with E-state index in [0.29, 0.717) is 16.7 Å². The minimum Gasteiger partial charge on any atom is -0.323 e. The topological polar surface area (TPSA) is 74.5 Å². The molecule has 1 N–H and O–H groups in total. The Labute approximate surface area is 163 Å². The van der Waals surface area contributed by atoms with Crippen LogP contribution < -0.4 is 5.32 Å². The van der Waals surface area contributed by atoms with E-state index in [9.17, 15) is 0 Å². The van der Waals surface area contributed by atoms with E-state index in [0.717, 1.165) is 30.1 Å². The fourth-order valence-electron chi connectivity index (χ4n) is 3.11. The van der Waals surface area contributed by atoms with Gasteiger partial charge in [0.2, 0.25) is 5.95 Å². The number of hydrogen-bond acceptors (Lipinski definition) is 5. The molecule has 0 aliphatic heterocycles. The Morgan fingerprint density at radius 2 is 1.93 bits per heavy atom. The van der Waals surface area contributed by atoms with Crippen molar-refractivity contribution in [2.75, 3.05) is 5.32 Å². The maximum atomic E-state index is 8.82. The van der Waals surface area contributed by atoms with Gasteiger partial charge in [-0.05, 0) is 54.9 Å². The van der Waals surface area contributed by atoms with Crippen LogP contribution in [-0.2, 0) is 12.8 Å². The van der Waals surface area contributed by atoms with Crippen LogP contribution >= 0.6 is 11.6 Å². The highest BCUT2D eigenvalue weighted by Crippen LogP contribution is 2.41. The summed E-state index contributed by atoms with van der Waals surface area (Å²) in [5, 5.41) is 12.5. The lowest BCUT2D eigenvalue weighted by Gasteiger charge is -2.10. The highest BCUT2D eigenvalue weighted by molar-refractivity contribution is 6.31. The van der Waals surface area contributed by atoms with Crippen LogP contribution in [0.4, 0.5) is 11.6 Å². The first-order valence-corrected chi connectivity index (χ1v) is 9.33. The summed E-state index contributed by atoms with van der Waals surface area (Å²) in [6.45, 7) is 0. The normalized spacial score (nSPS) is 13.2. The van der Waals surface area contributed by atoms with Gasteiger partial charge in [0.05, 0.1) is 28.8 Å². The monoisotopic (exact) mass is 375 g/mol. The average Bonchev–Trinajstić information content (AvgIpc) is 3.54. The Hall–Kier alpha value is -2.97. The molecule has 3 aromatic rings. The van der Waals surface area contributed by atoms with Crippen molar-refractivity contribution in [1.82, 2.24) is 15.0 Å². The van der Waals surface area contributed by atoms with E-state index in [4.69, 9.17) is 16.9 Å². The summed E-state index contributed by atoms with van der Waals surface area (Å²) < 4.78 is 0. The van der Waals surface area contributed by atoms with Gasteiger partial charge in [-0.3, -0.25) is 0 Å². The molecule has 2 aromatic heterocycles. The molecular formula is C21H18ClN5. The minimum atomic E-state index is 0.368. The average molecular weight is 376 g/mol. The number of benzene rings is 1. The molecule has 1 aromatic carbocycles. The third kappa shape index (κ3) is 4.24. The van der Waals surface area contributed by atoms with Gasteiger partial charge in [-0.25, -0.2) is 15.0 Å². The van der Waals surface area contributed by atoms with E-state index < -0.39 is 0 Å². The highest BCUT2D eigenvalue weighted by atomic mass is 35.5. The molecule has 0 atom stereocenters. The first-order chi connectivity index (χ1) is 13.2. The summed E-state index contributed by atoms with van der Waals surface area (Å²) in [6, 6.07) is 14.1. The second-order valence-electron chi connectivity index (χ2n) is 6.63. The second kappa shape index (κ2) is 7.73. The molecule has 0 saturated heterocycles. The molecule has 0 radical (unpaired) electrons. The van der Waals surface area contributed by atoms with E-state index in [1.807, 2.05) is 6.07 Å². The van der Waals surface area contributed by atoms with Gasteiger partial charge in [0.15, 0.2) is 0 Å². The van der Waals surface area contributed by atoms with Crippen molar-refractivity contribution in [3.05, 3.63) is 76.3 Å². The summed E-state index contributed by atoms with van der Waals surface area (Å²) >= 11 is 6.32. The summed E-state index contributed by atoms with van der Waals surface area (Å²) in [6.07, 6.45) is 7.45. The van der Waals surface area contributed by atoms with Crippen molar-refractivity contribution in [3.63, 3.8) is 0 Å². The van der Waals surface area contributed by atoms with E-state index in [1.54, 1.807) is 24.5 Å². The van der Waals surface area contributed by atoms with Gasteiger partial charge >= 0.3 is 0 Å². The first kappa shape index (κ1) is 17.4. The van der Waals surface area contributed by atoms with Crippen molar-refractivity contribution in [1.29, 1.82) is 5.26 Å². The number of hydrogen-bond donors (Lipinski definition) is 1. The van der Waals surface area contributed by atoms with E-state index in [2.05, 4.69) is 44.5 Å². The van der Waals surface area contributed by atoms with Crippen LogP contribution in [0.3, 0.4) is 0 Å². The fraction of sp³-hybridized carbons (Fsp3) is 0.238. The van der Waals surface area contributed by atoms with Crippen LogP contribution in [0, 0.1) is 11.3 Å². The van der Waals surface area contributed by atoms with Crippen LogP contribution in [0.2, 0.25) is 5.02 Å². The lowest BCUT2D eigenvalue weighted by Crippen LogP contribution is -2.03. The summed E-state index contributed by atoms with van der Waals surface area (Å²) in [5.41, 5.74) is 4.75. The Morgan fingerprint density at radius 3 is 2.67 bits per heavy atom. The molecule has 134 valence electrons. The zero-order valence-corrected chi connectivity index (χ0v) is 15.4. The highest BCUT2D eigenvalue weighted by Gasteiger charge is 2.25. The third-order valence-corrected chi connectivity index (χ3v) is 4.97. The lowest BCUT2D eigenvalue weighted by atomic mass is 9.98. The zero-order valence-electron chi connectivity index (χ0n) is 14.7. The molecule has 0 unspecified atom stereocenters. The zero-order chi connectivity index (χ0) is 18.6. The smallest absolute Gasteiger partial charge is 0.227 e. The van der Waals surface area contributed by atoms with Crippen molar-refractivity contribution in [2.24, 2.45) is 0 Å². The van der Waals surface area contributed by atoms with E-state index >= 15 is 0 Å². The van der Waals surface area contributed by atoms with Gasteiger partial charge in [0, 0.05) is 0 Å². The predicted octanol–water partition coefficient (Wildman–Crippen LogP) is 4.80. The molecule has 4 rings (SSSR count). The molecule has 0 amide bonds. The lowest BCUT2D eigenvalue weighted by molar-refractivity contribution is 0.885. The molecule has 27 heavy (non-hydrogen) atoms. The number of anilines is 2. The van der Waals surface area contributed by atoms with Gasteiger partial charge in [-0.15, -0.1) is 0 Å². The molecule has 0 spiro atoms. The fourth-order valence-corrected chi connectivity index (χ4v) is 3.29. The Kier molecular flexibility index (Phi) is 4.99. The minimum absolute atomic E-state index is 0.368. The molecule has 2 heterocycles. The number of nitriles is 1. The number of nitrogens with one attached hydrogen (secondary N) is 1. The predicted molar refractivity (Wildman–Crippen MR) is 105 cm³/mol. The second-order valence-corrected chi connectivity index (χ2v) is 7.04. The molecule has 1 aliphatic carbocycles. The number of aryl methyl sites for hydroxylation is 2. The maximum Gasteiger partial charge on any atom is 0.227 e. The van der Waals surface area contributed by atoms with Gasteiger partial charge in [0.25, 0.3) is 0 Å². The molecule has 5 nitrogen and oxygen atoms in total. The van der Waals surface area contributed by atoms with Crippen LogP contribution in [0.5, 0.6) is 0 Å². The van der Waals surface area contributed by atoms with Crippen molar-refractivity contribution in [3.8, 4) is 6.07 Å². The van der Waals surface area contributed by atoms with Gasteiger partial charge in [-0.2, -0.15) is 5.26 Å². The number of pyridine rings is 1. The van der Waals surface area contributed by atoms with Crippen LogP contribution in [-0.4, -0.2) is 15.0 Å². The number of aromatic nitrogens is 3. The molecule has 6 heteroatoms. The van der Waals surface area contributed by atoms with E-state index in [-0.39, 0.29) is 0 Å². The number of nitrogens with zero attached hydrogens (tertiary/aromatic N) is 4. The Morgan fingerprint density at radius 1 is 1.07 bits per heavy atom. The standard InChI is InChI=1S/C21H18ClN5/c22-19-13-25-21(26-17-9-8-16(11-23)24-12-17)27-20(19)10-7-14-3-1-2-4-18(14)15-5-6-15/h1-4,8-9,12-13,15H,5-7,10H2,(H,25,26,27). The van der Waals surface area contributed by atoms with E-state index in [1.165, 1.54) is 24.0 Å². The Bertz CT molecular complexity index is 990.